The highest BCUT2D eigenvalue weighted by Crippen LogP contribution is 2.22. The molecule has 1 fully saturated rings. The van der Waals surface area contributed by atoms with Crippen LogP contribution in [0.5, 0.6) is 0 Å². The molecule has 0 saturated carbocycles. The zero-order valence-corrected chi connectivity index (χ0v) is 12.3. The van der Waals surface area contributed by atoms with E-state index in [2.05, 4.69) is 5.32 Å². The number of thioether (sulfide) groups is 1. The number of carboxylic acids is 1. The van der Waals surface area contributed by atoms with Crippen molar-refractivity contribution in [3.63, 3.8) is 0 Å². The highest BCUT2D eigenvalue weighted by Gasteiger charge is 2.33. The maximum atomic E-state index is 12.0. The van der Waals surface area contributed by atoms with Gasteiger partial charge in [0.05, 0.1) is 12.5 Å². The van der Waals surface area contributed by atoms with Crippen LogP contribution in [-0.2, 0) is 19.1 Å². The maximum Gasteiger partial charge on any atom is 0.329 e. The summed E-state index contributed by atoms with van der Waals surface area (Å²) in [4.78, 5) is 35.6. The highest BCUT2D eigenvalue weighted by atomic mass is 32.2. The Morgan fingerprint density at radius 2 is 2.20 bits per heavy atom. The molecule has 2 amide bonds. The van der Waals surface area contributed by atoms with Crippen LogP contribution in [0.15, 0.2) is 0 Å². The summed E-state index contributed by atoms with van der Waals surface area (Å²) in [6, 6.07) is -0.432. The van der Waals surface area contributed by atoms with Crippen LogP contribution in [0.3, 0.4) is 0 Å². The van der Waals surface area contributed by atoms with Crippen LogP contribution < -0.4 is 5.32 Å². The second-order valence-corrected chi connectivity index (χ2v) is 5.37. The van der Waals surface area contributed by atoms with Crippen molar-refractivity contribution in [1.29, 1.82) is 0 Å². The average Bonchev–Trinajstić information content (AvgIpc) is 2.87. The number of carboxylic acid groups (broad SMARTS) is 1. The number of ether oxygens (including phenoxy) is 1. The van der Waals surface area contributed by atoms with Crippen LogP contribution in [0.25, 0.3) is 0 Å². The lowest BCUT2D eigenvalue weighted by atomic mass is 10.2. The maximum absolute atomic E-state index is 12.0. The molecular weight excluding hydrogens is 284 g/mol. The molecule has 0 aliphatic carbocycles. The van der Waals surface area contributed by atoms with E-state index in [1.54, 1.807) is 16.7 Å². The van der Waals surface area contributed by atoms with Gasteiger partial charge in [-0.25, -0.2) is 4.79 Å². The molecule has 1 aliphatic rings. The lowest BCUT2D eigenvalue weighted by molar-refractivity contribution is -0.142. The molecule has 0 aromatic heterocycles. The molecule has 1 unspecified atom stereocenters. The van der Waals surface area contributed by atoms with Gasteiger partial charge in [0.25, 0.3) is 0 Å². The predicted molar refractivity (Wildman–Crippen MR) is 74.3 cm³/mol. The molecular formula is C12H20N2O5S. The number of rotatable bonds is 8. The Labute approximate surface area is 122 Å². The fourth-order valence-electron chi connectivity index (χ4n) is 1.79. The monoisotopic (exact) mass is 304 g/mol. The van der Waals surface area contributed by atoms with E-state index in [0.717, 1.165) is 6.42 Å². The van der Waals surface area contributed by atoms with E-state index >= 15 is 0 Å². The smallest absolute Gasteiger partial charge is 0.329 e. The lowest BCUT2D eigenvalue weighted by Gasteiger charge is -2.22. The third-order valence-electron chi connectivity index (χ3n) is 2.74. The number of amides is 2. The number of carbonyl (C=O) groups excluding carboxylic acids is 2. The van der Waals surface area contributed by atoms with Gasteiger partial charge < -0.3 is 20.1 Å². The standard InChI is InChI=1S/C12H20N2O5S/c1-2-3-10(15)14-8-20-7-9(14)12(18)13-4-5-19-6-11(16)17/h9H,2-8H2,1H3,(H,13,18)(H,16,17). The molecule has 0 aromatic rings. The summed E-state index contributed by atoms with van der Waals surface area (Å²) in [6.07, 6.45) is 1.21. The van der Waals surface area contributed by atoms with Crippen LogP contribution in [0.2, 0.25) is 0 Å². The van der Waals surface area contributed by atoms with Gasteiger partial charge in [-0.15, -0.1) is 11.8 Å². The second kappa shape index (κ2) is 8.80. The van der Waals surface area contributed by atoms with Gasteiger partial charge >= 0.3 is 5.97 Å². The first-order chi connectivity index (χ1) is 9.56. The zero-order chi connectivity index (χ0) is 15.0. The van der Waals surface area contributed by atoms with Crippen molar-refractivity contribution in [1.82, 2.24) is 10.2 Å². The first kappa shape index (κ1) is 16.8. The first-order valence-electron chi connectivity index (χ1n) is 6.50. The quantitative estimate of drug-likeness (QED) is 0.608. The minimum Gasteiger partial charge on any atom is -0.480 e. The molecule has 0 bridgehead atoms. The van der Waals surface area contributed by atoms with E-state index in [1.807, 2.05) is 6.92 Å². The van der Waals surface area contributed by atoms with Crippen molar-refractivity contribution in [2.45, 2.75) is 25.8 Å². The van der Waals surface area contributed by atoms with Gasteiger partial charge in [-0.2, -0.15) is 0 Å². The Bertz CT molecular complexity index is 364. The summed E-state index contributed by atoms with van der Waals surface area (Å²) in [5.41, 5.74) is 0. The van der Waals surface area contributed by atoms with E-state index in [4.69, 9.17) is 9.84 Å². The normalized spacial score (nSPS) is 18.1. The summed E-state index contributed by atoms with van der Waals surface area (Å²) >= 11 is 1.56. The lowest BCUT2D eigenvalue weighted by Crippen LogP contribution is -2.47. The molecule has 0 radical (unpaired) electrons. The molecule has 0 spiro atoms. The van der Waals surface area contributed by atoms with E-state index in [1.165, 1.54) is 0 Å². The number of aliphatic carboxylic acids is 1. The summed E-state index contributed by atoms with van der Waals surface area (Å²) in [5, 5.41) is 11.0. The molecule has 1 heterocycles. The number of nitrogens with one attached hydrogen (secondary N) is 1. The Morgan fingerprint density at radius 3 is 2.85 bits per heavy atom. The molecule has 0 aromatic carbocycles. The van der Waals surface area contributed by atoms with Gasteiger partial charge in [-0.05, 0) is 6.42 Å². The SMILES string of the molecule is CCCC(=O)N1CSCC1C(=O)NCCOCC(=O)O. The molecule has 1 saturated heterocycles. The van der Waals surface area contributed by atoms with Gasteiger partial charge in [0, 0.05) is 18.7 Å². The molecule has 114 valence electrons. The molecule has 1 aliphatic heterocycles. The molecule has 7 nitrogen and oxygen atoms in total. The largest absolute Gasteiger partial charge is 0.480 e. The summed E-state index contributed by atoms with van der Waals surface area (Å²) in [6.45, 7) is 1.93. The minimum atomic E-state index is -1.04. The fraction of sp³-hybridized carbons (Fsp3) is 0.750. The average molecular weight is 304 g/mol. The van der Waals surface area contributed by atoms with Crippen LogP contribution >= 0.6 is 11.8 Å². The van der Waals surface area contributed by atoms with Crippen molar-refractivity contribution >= 4 is 29.5 Å². The number of nitrogens with zero attached hydrogens (tertiary/aromatic N) is 1. The zero-order valence-electron chi connectivity index (χ0n) is 11.5. The van der Waals surface area contributed by atoms with Gasteiger partial charge in [0.15, 0.2) is 0 Å². The van der Waals surface area contributed by atoms with Gasteiger partial charge in [-0.3, -0.25) is 9.59 Å². The van der Waals surface area contributed by atoms with Crippen molar-refractivity contribution in [2.24, 2.45) is 0 Å². The number of hydrogen-bond acceptors (Lipinski definition) is 5. The Kier molecular flexibility index (Phi) is 7.38. The topological polar surface area (TPSA) is 95.9 Å². The highest BCUT2D eigenvalue weighted by molar-refractivity contribution is 7.99. The van der Waals surface area contributed by atoms with Crippen LogP contribution in [0.1, 0.15) is 19.8 Å². The Hall–Kier alpha value is -1.28. The van der Waals surface area contributed by atoms with Gasteiger partial charge in [0.2, 0.25) is 11.8 Å². The van der Waals surface area contributed by atoms with E-state index in [-0.39, 0.29) is 31.6 Å². The van der Waals surface area contributed by atoms with E-state index < -0.39 is 12.0 Å². The van der Waals surface area contributed by atoms with Crippen molar-refractivity contribution in [3.8, 4) is 0 Å². The molecule has 20 heavy (non-hydrogen) atoms. The number of carbonyl (C=O) groups is 3. The van der Waals surface area contributed by atoms with E-state index in [0.29, 0.717) is 18.1 Å². The van der Waals surface area contributed by atoms with Crippen LogP contribution in [-0.4, -0.2) is 65.2 Å². The molecule has 1 rings (SSSR count). The second-order valence-electron chi connectivity index (χ2n) is 4.37. The van der Waals surface area contributed by atoms with Crippen molar-refractivity contribution in [3.05, 3.63) is 0 Å². The van der Waals surface area contributed by atoms with Crippen LogP contribution in [0, 0.1) is 0 Å². The van der Waals surface area contributed by atoms with Gasteiger partial charge in [-0.1, -0.05) is 6.92 Å². The Balaban J connectivity index is 2.30. The molecule has 1 atom stereocenters. The van der Waals surface area contributed by atoms with Crippen LogP contribution in [0.4, 0.5) is 0 Å². The first-order valence-corrected chi connectivity index (χ1v) is 7.66. The van der Waals surface area contributed by atoms with Crippen molar-refractivity contribution < 1.29 is 24.2 Å². The minimum absolute atomic E-state index is 0.000206. The number of hydrogen-bond donors (Lipinski definition) is 2. The summed E-state index contributed by atoms with van der Waals surface area (Å²) < 4.78 is 4.82. The fourth-order valence-corrected chi connectivity index (χ4v) is 2.97. The molecule has 8 heteroatoms. The molecule has 2 N–H and O–H groups in total. The van der Waals surface area contributed by atoms with Crippen molar-refractivity contribution in [2.75, 3.05) is 31.4 Å². The summed E-state index contributed by atoms with van der Waals surface area (Å²) in [5.74, 6) is -0.109. The predicted octanol–water partition coefficient (Wildman–Crippen LogP) is -0.0946. The summed E-state index contributed by atoms with van der Waals surface area (Å²) in [7, 11) is 0. The van der Waals surface area contributed by atoms with Gasteiger partial charge in [0.1, 0.15) is 12.6 Å². The van der Waals surface area contributed by atoms with E-state index in [9.17, 15) is 14.4 Å². The third kappa shape index (κ3) is 5.38. The Morgan fingerprint density at radius 1 is 1.45 bits per heavy atom. The third-order valence-corrected chi connectivity index (χ3v) is 3.75.